The number of urea groups is 1. The lowest BCUT2D eigenvalue weighted by Gasteiger charge is -2.38. The van der Waals surface area contributed by atoms with Crippen LogP contribution in [0.5, 0.6) is 0 Å². The van der Waals surface area contributed by atoms with Gasteiger partial charge in [0.15, 0.2) is 0 Å². The third-order valence-electron chi connectivity index (χ3n) is 7.46. The number of imidazole rings is 1. The maximum Gasteiger partial charge on any atom is 0.317 e. The molecule has 2 aliphatic carbocycles. The number of fused-ring (bicyclic) bond motifs is 2. The van der Waals surface area contributed by atoms with Gasteiger partial charge in [0, 0.05) is 26.2 Å². The molecule has 6 heteroatoms. The van der Waals surface area contributed by atoms with Crippen molar-refractivity contribution in [2.24, 2.45) is 11.8 Å². The molecule has 0 unspecified atom stereocenters. The highest BCUT2D eigenvalue weighted by Gasteiger charge is 2.45. The van der Waals surface area contributed by atoms with E-state index < -0.39 is 0 Å². The van der Waals surface area contributed by atoms with E-state index in [1.54, 1.807) is 0 Å². The number of aromatic nitrogens is 2. The van der Waals surface area contributed by atoms with E-state index in [2.05, 4.69) is 39.9 Å². The van der Waals surface area contributed by atoms with Gasteiger partial charge in [0.05, 0.1) is 23.2 Å². The number of methoxy groups -OCH3 is 1. The van der Waals surface area contributed by atoms with E-state index in [1.165, 1.54) is 18.4 Å². The van der Waals surface area contributed by atoms with Gasteiger partial charge < -0.3 is 19.5 Å². The molecule has 1 aromatic carbocycles. The third kappa shape index (κ3) is 3.41. The largest absolute Gasteiger partial charge is 0.379 e. The smallest absolute Gasteiger partial charge is 0.317 e. The second-order valence-corrected chi connectivity index (χ2v) is 9.19. The first-order valence-electron chi connectivity index (χ1n) is 11.2. The van der Waals surface area contributed by atoms with E-state index in [0.717, 1.165) is 50.1 Å². The van der Waals surface area contributed by atoms with E-state index in [-0.39, 0.29) is 18.2 Å². The summed E-state index contributed by atoms with van der Waals surface area (Å²) >= 11 is 0. The molecule has 1 saturated heterocycles. The Bertz CT molecular complexity index is 888. The van der Waals surface area contributed by atoms with Crippen molar-refractivity contribution in [3.63, 3.8) is 0 Å². The second-order valence-electron chi connectivity index (χ2n) is 9.19. The first-order chi connectivity index (χ1) is 14.1. The van der Waals surface area contributed by atoms with Crippen LogP contribution in [-0.4, -0.2) is 52.8 Å². The van der Waals surface area contributed by atoms with Crippen LogP contribution in [0.2, 0.25) is 0 Å². The molecule has 1 N–H and O–H groups in total. The molecule has 2 amide bonds. The number of ether oxygens (including phenoxy) is 1. The molecule has 2 aromatic rings. The zero-order valence-corrected chi connectivity index (χ0v) is 17.5. The fraction of sp³-hybridized carbons (Fsp3) is 0.652. The van der Waals surface area contributed by atoms with Crippen molar-refractivity contribution in [3.8, 4) is 0 Å². The number of likely N-dealkylation sites (tertiary alicyclic amines) is 1. The predicted molar refractivity (Wildman–Crippen MR) is 113 cm³/mol. The van der Waals surface area contributed by atoms with Gasteiger partial charge in [-0.05, 0) is 56.6 Å². The number of para-hydroxylation sites is 2. The van der Waals surface area contributed by atoms with Gasteiger partial charge >= 0.3 is 6.03 Å². The molecule has 3 aliphatic rings. The van der Waals surface area contributed by atoms with Crippen molar-refractivity contribution in [2.75, 3.05) is 20.2 Å². The predicted octanol–water partition coefficient (Wildman–Crippen LogP) is 3.89. The van der Waals surface area contributed by atoms with Crippen molar-refractivity contribution in [1.82, 2.24) is 19.8 Å². The van der Waals surface area contributed by atoms with Crippen LogP contribution in [0.3, 0.4) is 0 Å². The monoisotopic (exact) mass is 396 g/mol. The number of amides is 2. The lowest BCUT2D eigenvalue weighted by Crippen LogP contribution is -2.43. The van der Waals surface area contributed by atoms with Crippen LogP contribution < -0.4 is 5.32 Å². The minimum Gasteiger partial charge on any atom is -0.379 e. The molecule has 2 saturated carbocycles. The molecule has 6 nitrogen and oxygen atoms in total. The number of hydrogen-bond donors (Lipinski definition) is 1. The van der Waals surface area contributed by atoms with Crippen LogP contribution in [0.1, 0.15) is 50.4 Å². The summed E-state index contributed by atoms with van der Waals surface area (Å²) in [6, 6.07) is 9.15. The topological polar surface area (TPSA) is 59.4 Å². The Kier molecular flexibility index (Phi) is 4.98. The van der Waals surface area contributed by atoms with Crippen molar-refractivity contribution >= 4 is 17.1 Å². The zero-order chi connectivity index (χ0) is 20.0. The summed E-state index contributed by atoms with van der Waals surface area (Å²) < 4.78 is 8.35. The summed E-state index contributed by atoms with van der Waals surface area (Å²) in [5, 5.41) is 3.27. The zero-order valence-electron chi connectivity index (χ0n) is 17.5. The number of carbonyl (C=O) groups excluding carboxylic acids is 1. The number of nitrogens with zero attached hydrogens (tertiary/aromatic N) is 3. The van der Waals surface area contributed by atoms with Crippen LogP contribution in [0.15, 0.2) is 24.3 Å². The summed E-state index contributed by atoms with van der Waals surface area (Å²) in [5.41, 5.74) is 2.23. The molecule has 3 fully saturated rings. The fourth-order valence-corrected chi connectivity index (χ4v) is 6.00. The Morgan fingerprint density at radius 3 is 2.62 bits per heavy atom. The minimum atomic E-state index is 0.140. The van der Waals surface area contributed by atoms with E-state index in [1.807, 2.05) is 13.2 Å². The third-order valence-corrected chi connectivity index (χ3v) is 7.46. The van der Waals surface area contributed by atoms with Gasteiger partial charge in [-0.3, -0.25) is 0 Å². The quantitative estimate of drug-likeness (QED) is 0.856. The first-order valence-corrected chi connectivity index (χ1v) is 11.2. The number of hydrogen-bond acceptors (Lipinski definition) is 3. The van der Waals surface area contributed by atoms with Crippen LogP contribution >= 0.6 is 0 Å². The van der Waals surface area contributed by atoms with Crippen LogP contribution in [0.4, 0.5) is 4.79 Å². The molecule has 5 rings (SSSR count). The number of benzene rings is 1. The maximum absolute atomic E-state index is 12.8. The first kappa shape index (κ1) is 18.9. The number of nitrogens with one attached hydrogen (secondary N) is 1. The van der Waals surface area contributed by atoms with Gasteiger partial charge in [-0.25, -0.2) is 9.78 Å². The van der Waals surface area contributed by atoms with E-state index in [9.17, 15) is 4.79 Å². The molecule has 0 bridgehead atoms. The molecule has 2 heterocycles. The van der Waals surface area contributed by atoms with Crippen molar-refractivity contribution in [2.45, 2.75) is 63.6 Å². The second kappa shape index (κ2) is 7.63. The molecule has 0 spiro atoms. The summed E-state index contributed by atoms with van der Waals surface area (Å²) in [6.45, 7) is 3.82. The molecular weight excluding hydrogens is 364 g/mol. The van der Waals surface area contributed by atoms with Crippen molar-refractivity contribution in [3.05, 3.63) is 30.1 Å². The summed E-state index contributed by atoms with van der Waals surface area (Å²) in [7, 11) is 1.83. The van der Waals surface area contributed by atoms with Gasteiger partial charge in [-0.2, -0.15) is 0 Å². The van der Waals surface area contributed by atoms with Crippen molar-refractivity contribution in [1.29, 1.82) is 0 Å². The molecular formula is C23H32N4O2. The molecule has 1 aromatic heterocycles. The highest BCUT2D eigenvalue weighted by molar-refractivity contribution is 5.76. The van der Waals surface area contributed by atoms with Gasteiger partial charge in [-0.1, -0.05) is 25.0 Å². The molecule has 0 radical (unpaired) electrons. The SMILES string of the molecule is CO[C@H]1C[C@@H]2CN(C(=O)NC3CCCC3)C[C@@H]2C[C@@H]1n1c(C)nc2ccccc21. The molecule has 1 aliphatic heterocycles. The lowest BCUT2D eigenvalue weighted by molar-refractivity contribution is -0.0000603. The Morgan fingerprint density at radius 2 is 1.86 bits per heavy atom. The summed E-state index contributed by atoms with van der Waals surface area (Å²) in [4.78, 5) is 19.6. The van der Waals surface area contributed by atoms with Crippen molar-refractivity contribution < 1.29 is 9.53 Å². The van der Waals surface area contributed by atoms with Crippen LogP contribution in [-0.2, 0) is 4.74 Å². The maximum atomic E-state index is 12.8. The molecule has 29 heavy (non-hydrogen) atoms. The molecule has 156 valence electrons. The average Bonchev–Trinajstić information content (AvgIpc) is 3.44. The van der Waals surface area contributed by atoms with Crippen LogP contribution in [0.25, 0.3) is 11.0 Å². The van der Waals surface area contributed by atoms with E-state index in [4.69, 9.17) is 9.72 Å². The average molecular weight is 397 g/mol. The molecule has 4 atom stereocenters. The summed E-state index contributed by atoms with van der Waals surface area (Å²) in [6.07, 6.45) is 6.95. The highest BCUT2D eigenvalue weighted by Crippen LogP contribution is 2.43. The van der Waals surface area contributed by atoms with Crippen LogP contribution in [0, 0.1) is 18.8 Å². The van der Waals surface area contributed by atoms with E-state index in [0.29, 0.717) is 17.9 Å². The minimum absolute atomic E-state index is 0.140. The number of carbonyl (C=O) groups is 1. The Hall–Kier alpha value is -2.08. The Balaban J connectivity index is 1.34. The number of rotatable bonds is 3. The number of aryl methyl sites for hydroxylation is 1. The Labute approximate surface area is 172 Å². The van der Waals surface area contributed by atoms with Gasteiger partial charge in [0.25, 0.3) is 0 Å². The summed E-state index contributed by atoms with van der Waals surface area (Å²) in [5.74, 6) is 2.10. The van der Waals surface area contributed by atoms with Gasteiger partial charge in [0.2, 0.25) is 0 Å². The Morgan fingerprint density at radius 1 is 1.14 bits per heavy atom. The van der Waals surface area contributed by atoms with E-state index >= 15 is 0 Å². The normalized spacial score (nSPS) is 30.1. The van der Waals surface area contributed by atoms with Gasteiger partial charge in [-0.15, -0.1) is 0 Å². The highest BCUT2D eigenvalue weighted by atomic mass is 16.5. The fourth-order valence-electron chi connectivity index (χ4n) is 6.00. The lowest BCUT2D eigenvalue weighted by atomic mass is 9.77. The standard InChI is InChI=1S/C23H32N4O2/c1-15-24-19-9-5-6-10-20(19)27(15)21-11-16-13-26(14-17(16)12-22(21)29-2)23(28)25-18-7-3-4-8-18/h5-6,9-10,16-18,21-22H,3-4,7-8,11-14H2,1-2H3,(H,25,28)/t16-,17+,21-,22-/m0/s1. The van der Waals surface area contributed by atoms with Gasteiger partial charge in [0.1, 0.15) is 5.82 Å².